The van der Waals surface area contributed by atoms with Gasteiger partial charge in [-0.15, -0.1) is 0 Å². The first-order valence-corrected chi connectivity index (χ1v) is 5.15. The van der Waals surface area contributed by atoms with E-state index in [-0.39, 0.29) is 11.9 Å². The highest BCUT2D eigenvalue weighted by molar-refractivity contribution is 5.33. The summed E-state index contributed by atoms with van der Waals surface area (Å²) >= 11 is 0. The van der Waals surface area contributed by atoms with E-state index in [1.807, 2.05) is 19.9 Å². The second kappa shape index (κ2) is 3.96. The highest BCUT2D eigenvalue weighted by Crippen LogP contribution is 2.21. The molecule has 0 spiro atoms. The van der Waals surface area contributed by atoms with E-state index in [1.165, 1.54) is 12.1 Å². The number of aryl methyl sites for hydroxylation is 1. The van der Waals surface area contributed by atoms with Crippen molar-refractivity contribution in [3.8, 4) is 0 Å². The lowest BCUT2D eigenvalue weighted by atomic mass is 10.1. The average Bonchev–Trinajstić information content (AvgIpc) is 2.58. The quantitative estimate of drug-likeness (QED) is 0.843. The third-order valence-corrected chi connectivity index (χ3v) is 2.61. The number of nitrogens with zero attached hydrogens (tertiary/aromatic N) is 2. The van der Waals surface area contributed by atoms with Gasteiger partial charge >= 0.3 is 0 Å². The molecular weight excluding hydrogens is 205 g/mol. The molecule has 2 aromatic rings. The summed E-state index contributed by atoms with van der Waals surface area (Å²) in [6, 6.07) is 8.21. The van der Waals surface area contributed by atoms with Crippen molar-refractivity contribution in [1.82, 2.24) is 9.78 Å². The molecule has 2 rings (SSSR count). The Balaban J connectivity index is 2.35. The summed E-state index contributed by atoms with van der Waals surface area (Å²) < 4.78 is 14.5. The number of halogens is 1. The molecule has 3 nitrogen and oxygen atoms in total. The van der Waals surface area contributed by atoms with Crippen molar-refractivity contribution in [1.29, 1.82) is 0 Å². The van der Waals surface area contributed by atoms with E-state index in [9.17, 15) is 4.39 Å². The Morgan fingerprint density at radius 2 is 1.94 bits per heavy atom. The summed E-state index contributed by atoms with van der Waals surface area (Å²) in [7, 11) is 0. The minimum absolute atomic E-state index is 0.00861. The molecule has 1 atom stereocenters. The van der Waals surface area contributed by atoms with E-state index in [4.69, 9.17) is 5.73 Å². The number of benzene rings is 1. The zero-order chi connectivity index (χ0) is 11.7. The minimum Gasteiger partial charge on any atom is -0.384 e. The van der Waals surface area contributed by atoms with Crippen LogP contribution in [0.2, 0.25) is 0 Å². The molecule has 0 saturated carbocycles. The number of hydrogen-bond acceptors (Lipinski definition) is 2. The summed E-state index contributed by atoms with van der Waals surface area (Å²) in [5.41, 5.74) is 7.70. The van der Waals surface area contributed by atoms with E-state index in [0.29, 0.717) is 5.82 Å². The van der Waals surface area contributed by atoms with Gasteiger partial charge in [-0.1, -0.05) is 12.1 Å². The van der Waals surface area contributed by atoms with E-state index in [0.717, 1.165) is 11.3 Å². The molecule has 0 fully saturated rings. The van der Waals surface area contributed by atoms with Crippen LogP contribution in [-0.2, 0) is 0 Å². The Morgan fingerprint density at radius 3 is 2.44 bits per heavy atom. The lowest BCUT2D eigenvalue weighted by Crippen LogP contribution is -2.11. The molecule has 2 N–H and O–H groups in total. The predicted molar refractivity (Wildman–Crippen MR) is 61.6 cm³/mol. The normalized spacial score (nSPS) is 12.7. The molecule has 1 aromatic heterocycles. The number of nitrogen functional groups attached to an aromatic ring is 1. The van der Waals surface area contributed by atoms with Crippen LogP contribution in [-0.4, -0.2) is 9.78 Å². The minimum atomic E-state index is -0.236. The SMILES string of the molecule is Cc1cc(N)n(C(C)c2ccc(F)cc2)n1. The van der Waals surface area contributed by atoms with Gasteiger partial charge in [-0.25, -0.2) is 9.07 Å². The van der Waals surface area contributed by atoms with Crippen molar-refractivity contribution in [2.45, 2.75) is 19.9 Å². The molecule has 1 heterocycles. The molecule has 1 unspecified atom stereocenters. The van der Waals surface area contributed by atoms with Crippen LogP contribution in [0.25, 0.3) is 0 Å². The van der Waals surface area contributed by atoms with Crippen LogP contribution < -0.4 is 5.73 Å². The van der Waals surface area contributed by atoms with Crippen LogP contribution >= 0.6 is 0 Å². The second-order valence-corrected chi connectivity index (χ2v) is 3.88. The maximum Gasteiger partial charge on any atom is 0.123 e. The summed E-state index contributed by atoms with van der Waals surface area (Å²) in [5.74, 6) is 0.384. The third kappa shape index (κ3) is 1.91. The fraction of sp³-hybridized carbons (Fsp3) is 0.250. The van der Waals surface area contributed by atoms with Gasteiger partial charge in [-0.05, 0) is 31.5 Å². The first kappa shape index (κ1) is 10.7. The molecule has 84 valence electrons. The largest absolute Gasteiger partial charge is 0.384 e. The van der Waals surface area contributed by atoms with Gasteiger partial charge in [-0.2, -0.15) is 5.10 Å². The van der Waals surface area contributed by atoms with E-state index < -0.39 is 0 Å². The van der Waals surface area contributed by atoms with Crippen LogP contribution in [0, 0.1) is 12.7 Å². The van der Waals surface area contributed by atoms with Crippen LogP contribution in [0.4, 0.5) is 10.2 Å². The molecule has 0 saturated heterocycles. The third-order valence-electron chi connectivity index (χ3n) is 2.61. The maximum absolute atomic E-state index is 12.8. The number of hydrogen-bond donors (Lipinski definition) is 1. The summed E-state index contributed by atoms with van der Waals surface area (Å²) in [5, 5.41) is 4.31. The van der Waals surface area contributed by atoms with Crippen molar-refractivity contribution in [2.75, 3.05) is 5.73 Å². The van der Waals surface area contributed by atoms with Gasteiger partial charge in [0.2, 0.25) is 0 Å². The first-order chi connectivity index (χ1) is 7.58. The van der Waals surface area contributed by atoms with Gasteiger partial charge in [0.15, 0.2) is 0 Å². The Kier molecular flexibility index (Phi) is 2.64. The summed E-state index contributed by atoms with van der Waals surface area (Å²) in [4.78, 5) is 0. The number of rotatable bonds is 2. The van der Waals surface area contributed by atoms with Gasteiger partial charge in [0.25, 0.3) is 0 Å². The van der Waals surface area contributed by atoms with Crippen molar-refractivity contribution in [2.24, 2.45) is 0 Å². The number of nitrogens with two attached hydrogens (primary N) is 1. The molecule has 0 bridgehead atoms. The Hall–Kier alpha value is -1.84. The number of aromatic nitrogens is 2. The lowest BCUT2D eigenvalue weighted by molar-refractivity contribution is 0.565. The van der Waals surface area contributed by atoms with Crippen molar-refractivity contribution < 1.29 is 4.39 Å². The lowest BCUT2D eigenvalue weighted by Gasteiger charge is -2.14. The van der Waals surface area contributed by atoms with Gasteiger partial charge in [0, 0.05) is 6.07 Å². The summed E-state index contributed by atoms with van der Waals surface area (Å²) in [6.45, 7) is 3.88. The van der Waals surface area contributed by atoms with Crippen LogP contribution in [0.15, 0.2) is 30.3 Å². The average molecular weight is 219 g/mol. The predicted octanol–water partition coefficient (Wildman–Crippen LogP) is 2.52. The zero-order valence-corrected chi connectivity index (χ0v) is 9.31. The van der Waals surface area contributed by atoms with E-state index >= 15 is 0 Å². The van der Waals surface area contributed by atoms with Gasteiger partial charge in [0.05, 0.1) is 11.7 Å². The Labute approximate surface area is 93.7 Å². The molecule has 0 amide bonds. The molecular formula is C12H14FN3. The maximum atomic E-state index is 12.8. The summed E-state index contributed by atoms with van der Waals surface area (Å²) in [6.07, 6.45) is 0. The van der Waals surface area contributed by atoms with Gasteiger partial charge in [0.1, 0.15) is 11.6 Å². The fourth-order valence-electron chi connectivity index (χ4n) is 1.73. The smallest absolute Gasteiger partial charge is 0.123 e. The second-order valence-electron chi connectivity index (χ2n) is 3.88. The van der Waals surface area contributed by atoms with Crippen LogP contribution in [0.1, 0.15) is 24.2 Å². The number of anilines is 1. The van der Waals surface area contributed by atoms with Gasteiger partial charge < -0.3 is 5.73 Å². The molecule has 1 aromatic carbocycles. The fourth-order valence-corrected chi connectivity index (χ4v) is 1.73. The molecule has 4 heteroatoms. The highest BCUT2D eigenvalue weighted by Gasteiger charge is 2.11. The molecule has 16 heavy (non-hydrogen) atoms. The monoisotopic (exact) mass is 219 g/mol. The topological polar surface area (TPSA) is 43.8 Å². The standard InChI is InChI=1S/C12H14FN3/c1-8-7-12(14)16(15-8)9(2)10-3-5-11(13)6-4-10/h3-7,9H,14H2,1-2H3. The zero-order valence-electron chi connectivity index (χ0n) is 9.31. The van der Waals surface area contributed by atoms with E-state index in [2.05, 4.69) is 5.10 Å². The van der Waals surface area contributed by atoms with Crippen molar-refractivity contribution >= 4 is 5.82 Å². The van der Waals surface area contributed by atoms with Crippen molar-refractivity contribution in [3.63, 3.8) is 0 Å². The van der Waals surface area contributed by atoms with Crippen LogP contribution in [0.3, 0.4) is 0 Å². The van der Waals surface area contributed by atoms with E-state index in [1.54, 1.807) is 16.8 Å². The molecule has 0 radical (unpaired) electrons. The molecule has 0 aliphatic rings. The Morgan fingerprint density at radius 1 is 1.31 bits per heavy atom. The highest BCUT2D eigenvalue weighted by atomic mass is 19.1. The molecule has 0 aliphatic carbocycles. The Bertz CT molecular complexity index is 487. The van der Waals surface area contributed by atoms with Gasteiger partial charge in [-0.3, -0.25) is 0 Å². The first-order valence-electron chi connectivity index (χ1n) is 5.15. The van der Waals surface area contributed by atoms with Crippen LogP contribution in [0.5, 0.6) is 0 Å². The molecule has 0 aliphatic heterocycles. The van der Waals surface area contributed by atoms with Crippen molar-refractivity contribution in [3.05, 3.63) is 47.4 Å².